The summed E-state index contributed by atoms with van der Waals surface area (Å²) in [5, 5.41) is 12.1. The van der Waals surface area contributed by atoms with Gasteiger partial charge in [0.2, 0.25) is 5.91 Å². The number of nitrogens with one attached hydrogen (secondary N) is 1. The normalized spacial score (nSPS) is 24.7. The number of carbonyl (C=O) groups excluding carboxylic acids is 1. The highest BCUT2D eigenvalue weighted by atomic mass is 16.4. The van der Waals surface area contributed by atoms with E-state index in [0.717, 1.165) is 12.1 Å². The average Bonchev–Trinajstić information content (AvgIpc) is 2.93. The zero-order chi connectivity index (χ0) is 15.2. The van der Waals surface area contributed by atoms with Gasteiger partial charge in [-0.25, -0.2) is 0 Å². The molecule has 0 bridgehead atoms. The molecule has 3 atom stereocenters. The maximum atomic E-state index is 12.2. The molecule has 114 valence electrons. The Kier molecular flexibility index (Phi) is 5.31. The number of aromatic nitrogens is 1. The second-order valence-corrected chi connectivity index (χ2v) is 5.66. The van der Waals surface area contributed by atoms with Crippen molar-refractivity contribution < 1.29 is 14.7 Å². The number of hydrogen-bond donors (Lipinski definition) is 2. The lowest BCUT2D eigenvalue weighted by Crippen LogP contribution is -2.36. The third-order valence-electron chi connectivity index (χ3n) is 4.30. The summed E-state index contributed by atoms with van der Waals surface area (Å²) in [7, 11) is 0. The molecule has 21 heavy (non-hydrogen) atoms. The molecule has 3 unspecified atom stereocenters. The Morgan fingerprint density at radius 3 is 2.71 bits per heavy atom. The summed E-state index contributed by atoms with van der Waals surface area (Å²) in [6, 6.07) is 5.67. The molecule has 1 heterocycles. The van der Waals surface area contributed by atoms with E-state index >= 15 is 0 Å². The number of carboxylic acids is 1. The Morgan fingerprint density at radius 2 is 2.10 bits per heavy atom. The first-order valence-electron chi connectivity index (χ1n) is 7.52. The van der Waals surface area contributed by atoms with Gasteiger partial charge in [0.25, 0.3) is 0 Å². The Morgan fingerprint density at radius 1 is 1.33 bits per heavy atom. The van der Waals surface area contributed by atoms with Crippen LogP contribution in [0.4, 0.5) is 0 Å². The van der Waals surface area contributed by atoms with E-state index in [2.05, 4.69) is 10.3 Å². The van der Waals surface area contributed by atoms with Gasteiger partial charge in [0.05, 0.1) is 11.8 Å². The molecule has 0 saturated heterocycles. The topological polar surface area (TPSA) is 79.3 Å². The molecule has 2 N–H and O–H groups in total. The van der Waals surface area contributed by atoms with Crippen molar-refractivity contribution in [3.63, 3.8) is 0 Å². The van der Waals surface area contributed by atoms with E-state index in [1.807, 2.05) is 25.1 Å². The molecule has 2 rings (SSSR count). The predicted molar refractivity (Wildman–Crippen MR) is 78.6 cm³/mol. The van der Waals surface area contributed by atoms with Crippen molar-refractivity contribution in [1.82, 2.24) is 10.3 Å². The number of carboxylic acid groups (broad SMARTS) is 1. The van der Waals surface area contributed by atoms with E-state index in [4.69, 9.17) is 0 Å². The van der Waals surface area contributed by atoms with Gasteiger partial charge in [-0.05, 0) is 30.9 Å². The molecule has 0 spiro atoms. The fourth-order valence-corrected chi connectivity index (χ4v) is 3.03. The summed E-state index contributed by atoms with van der Waals surface area (Å²) in [5.41, 5.74) is 0.922. The summed E-state index contributed by atoms with van der Waals surface area (Å²) in [4.78, 5) is 27.7. The highest BCUT2D eigenvalue weighted by Crippen LogP contribution is 2.38. The van der Waals surface area contributed by atoms with Gasteiger partial charge in [0.1, 0.15) is 0 Å². The van der Waals surface area contributed by atoms with Crippen molar-refractivity contribution in [2.24, 2.45) is 17.8 Å². The fraction of sp³-hybridized carbons (Fsp3) is 0.562. The van der Waals surface area contributed by atoms with E-state index in [-0.39, 0.29) is 5.91 Å². The molecule has 1 aromatic rings. The lowest BCUT2D eigenvalue weighted by atomic mass is 9.95. The van der Waals surface area contributed by atoms with Crippen molar-refractivity contribution in [3.05, 3.63) is 30.1 Å². The number of hydrogen-bond acceptors (Lipinski definition) is 3. The average molecular weight is 290 g/mol. The number of rotatable bonds is 6. The van der Waals surface area contributed by atoms with E-state index < -0.39 is 17.8 Å². The first-order valence-corrected chi connectivity index (χ1v) is 7.52. The molecule has 0 aliphatic heterocycles. The Balaban J connectivity index is 1.85. The van der Waals surface area contributed by atoms with Gasteiger partial charge < -0.3 is 10.4 Å². The van der Waals surface area contributed by atoms with Crippen LogP contribution in [-0.4, -0.2) is 28.5 Å². The molecule has 0 radical (unpaired) electrons. The minimum Gasteiger partial charge on any atom is -0.481 e. The summed E-state index contributed by atoms with van der Waals surface area (Å²) >= 11 is 0. The number of carbonyl (C=O) groups is 2. The SMILES string of the molecule is CCC1CC(C(=O)O)C(C(=O)NCCc2ccccn2)C1. The minimum atomic E-state index is -0.851. The van der Waals surface area contributed by atoms with Gasteiger partial charge in [-0.2, -0.15) is 0 Å². The predicted octanol–water partition coefficient (Wildman–Crippen LogP) is 1.88. The lowest BCUT2D eigenvalue weighted by molar-refractivity contribution is -0.146. The Bertz CT molecular complexity index is 490. The quantitative estimate of drug-likeness (QED) is 0.838. The molecule has 1 saturated carbocycles. The third-order valence-corrected chi connectivity index (χ3v) is 4.30. The van der Waals surface area contributed by atoms with Crippen LogP contribution in [0.3, 0.4) is 0 Å². The van der Waals surface area contributed by atoms with Crippen LogP contribution in [-0.2, 0) is 16.0 Å². The lowest BCUT2D eigenvalue weighted by Gasteiger charge is -2.15. The van der Waals surface area contributed by atoms with Crippen LogP contribution in [0.2, 0.25) is 0 Å². The largest absolute Gasteiger partial charge is 0.481 e. The van der Waals surface area contributed by atoms with Gasteiger partial charge in [-0.3, -0.25) is 14.6 Å². The molecular weight excluding hydrogens is 268 g/mol. The van der Waals surface area contributed by atoms with Gasteiger partial charge in [-0.1, -0.05) is 19.4 Å². The number of amides is 1. The van der Waals surface area contributed by atoms with Gasteiger partial charge >= 0.3 is 5.97 Å². The Hall–Kier alpha value is -1.91. The highest BCUT2D eigenvalue weighted by molar-refractivity contribution is 5.85. The Labute approximate surface area is 124 Å². The van der Waals surface area contributed by atoms with E-state index in [9.17, 15) is 14.7 Å². The molecule has 1 fully saturated rings. The van der Waals surface area contributed by atoms with E-state index in [1.165, 1.54) is 0 Å². The van der Waals surface area contributed by atoms with Crippen LogP contribution in [0, 0.1) is 17.8 Å². The first-order chi connectivity index (χ1) is 10.1. The standard InChI is InChI=1S/C16H22N2O3/c1-2-11-9-13(14(10-11)16(20)21)15(19)18-8-6-12-5-3-4-7-17-12/h3-5,7,11,13-14H,2,6,8-10H2,1H3,(H,18,19)(H,20,21). The van der Waals surface area contributed by atoms with Gasteiger partial charge in [0, 0.05) is 24.9 Å². The van der Waals surface area contributed by atoms with Crippen LogP contribution < -0.4 is 5.32 Å². The molecule has 5 heteroatoms. The summed E-state index contributed by atoms with van der Waals surface area (Å²) in [6.45, 7) is 2.54. The maximum Gasteiger partial charge on any atom is 0.307 e. The molecule has 1 aliphatic rings. The summed E-state index contributed by atoms with van der Waals surface area (Å²) in [6.07, 6.45) is 4.61. The molecule has 1 aromatic heterocycles. The molecular formula is C16H22N2O3. The number of aliphatic carboxylic acids is 1. The van der Waals surface area contributed by atoms with Gasteiger partial charge in [-0.15, -0.1) is 0 Å². The second-order valence-electron chi connectivity index (χ2n) is 5.66. The monoisotopic (exact) mass is 290 g/mol. The highest BCUT2D eigenvalue weighted by Gasteiger charge is 2.41. The third kappa shape index (κ3) is 4.03. The minimum absolute atomic E-state index is 0.130. The van der Waals surface area contributed by atoms with Crippen LogP contribution in [0.15, 0.2) is 24.4 Å². The first kappa shape index (κ1) is 15.5. The van der Waals surface area contributed by atoms with Crippen LogP contribution in [0.1, 0.15) is 31.9 Å². The van der Waals surface area contributed by atoms with Crippen molar-refractivity contribution in [2.75, 3.05) is 6.54 Å². The number of pyridine rings is 1. The molecule has 1 aliphatic carbocycles. The molecule has 5 nitrogen and oxygen atoms in total. The summed E-state index contributed by atoms with van der Waals surface area (Å²) < 4.78 is 0. The van der Waals surface area contributed by atoms with Crippen molar-refractivity contribution in [2.45, 2.75) is 32.6 Å². The molecule has 0 aromatic carbocycles. The van der Waals surface area contributed by atoms with Crippen molar-refractivity contribution in [3.8, 4) is 0 Å². The zero-order valence-corrected chi connectivity index (χ0v) is 12.3. The zero-order valence-electron chi connectivity index (χ0n) is 12.3. The smallest absolute Gasteiger partial charge is 0.307 e. The number of nitrogens with zero attached hydrogens (tertiary/aromatic N) is 1. The van der Waals surface area contributed by atoms with Gasteiger partial charge in [0.15, 0.2) is 0 Å². The van der Waals surface area contributed by atoms with Crippen LogP contribution in [0.25, 0.3) is 0 Å². The van der Waals surface area contributed by atoms with E-state index in [1.54, 1.807) is 6.20 Å². The second kappa shape index (κ2) is 7.20. The van der Waals surface area contributed by atoms with Crippen molar-refractivity contribution in [1.29, 1.82) is 0 Å². The fourth-order valence-electron chi connectivity index (χ4n) is 3.03. The van der Waals surface area contributed by atoms with Crippen molar-refractivity contribution >= 4 is 11.9 Å². The maximum absolute atomic E-state index is 12.2. The summed E-state index contributed by atoms with van der Waals surface area (Å²) in [5.74, 6) is -1.57. The van der Waals surface area contributed by atoms with E-state index in [0.29, 0.717) is 31.7 Å². The molecule has 1 amide bonds. The van der Waals surface area contributed by atoms with Crippen LogP contribution >= 0.6 is 0 Å². The van der Waals surface area contributed by atoms with Crippen LogP contribution in [0.5, 0.6) is 0 Å².